The van der Waals surface area contributed by atoms with Crippen LogP contribution in [0.15, 0.2) is 60.7 Å². The number of nitrogens with zero attached hydrogens (tertiary/aromatic N) is 3. The number of aromatic nitrogens is 2. The first kappa shape index (κ1) is 16.4. The predicted molar refractivity (Wildman–Crippen MR) is 94.1 cm³/mol. The average molecular weight is 336 g/mol. The highest BCUT2D eigenvalue weighted by molar-refractivity contribution is 5.96. The molecule has 3 rings (SSSR count). The number of carbonyl (C=O) groups excluding carboxylic acids is 1. The number of ketones is 1. The van der Waals surface area contributed by atoms with E-state index in [0.717, 1.165) is 0 Å². The molecule has 3 aromatic rings. The van der Waals surface area contributed by atoms with Crippen molar-refractivity contribution in [3.05, 3.63) is 82.2 Å². The fourth-order valence-electron chi connectivity index (χ4n) is 2.51. The molecular weight excluding hydrogens is 320 g/mol. The summed E-state index contributed by atoms with van der Waals surface area (Å²) >= 11 is 0. The van der Waals surface area contributed by atoms with Crippen LogP contribution in [0, 0.1) is 17.0 Å². The second-order valence-corrected chi connectivity index (χ2v) is 5.45. The van der Waals surface area contributed by atoms with Gasteiger partial charge in [-0.3, -0.25) is 9.36 Å². The molecule has 1 N–H and O–H groups in total. The number of aryl methyl sites for hydroxylation is 1. The third-order valence-electron chi connectivity index (χ3n) is 3.75. The van der Waals surface area contributed by atoms with E-state index in [1.54, 1.807) is 43.3 Å². The Hall–Kier alpha value is -3.48. The number of imidazole rings is 1. The molecule has 7 nitrogen and oxygen atoms in total. The molecule has 0 aliphatic heterocycles. The Morgan fingerprint density at radius 1 is 1.12 bits per heavy atom. The Balaban J connectivity index is 1.98. The molecule has 1 aromatic heterocycles. The lowest BCUT2D eigenvalue weighted by molar-refractivity contribution is -0.388. The number of Topliss-reactive ketones (excluding diaryl/α,β-unsaturated/α-hetero) is 1. The molecular formula is C18H16N4O3. The van der Waals surface area contributed by atoms with Gasteiger partial charge in [0.1, 0.15) is 0 Å². The van der Waals surface area contributed by atoms with Crippen LogP contribution in [0.5, 0.6) is 0 Å². The molecule has 0 aliphatic rings. The van der Waals surface area contributed by atoms with Crippen molar-refractivity contribution in [3.8, 4) is 0 Å². The lowest BCUT2D eigenvalue weighted by atomic mass is 10.1. The second-order valence-electron chi connectivity index (χ2n) is 5.45. The number of nitro groups is 1. The second kappa shape index (κ2) is 6.96. The summed E-state index contributed by atoms with van der Waals surface area (Å²) in [4.78, 5) is 27.3. The summed E-state index contributed by atoms with van der Waals surface area (Å²) in [5, 5.41) is 14.3. The van der Waals surface area contributed by atoms with E-state index in [2.05, 4.69) is 10.3 Å². The van der Waals surface area contributed by atoms with E-state index >= 15 is 0 Å². The average Bonchev–Trinajstić information content (AvgIpc) is 2.93. The Morgan fingerprint density at radius 3 is 2.32 bits per heavy atom. The summed E-state index contributed by atoms with van der Waals surface area (Å²) < 4.78 is 1.53. The molecule has 0 unspecified atom stereocenters. The van der Waals surface area contributed by atoms with Crippen LogP contribution in [0.25, 0.3) is 0 Å². The number of hydrogen-bond donors (Lipinski definition) is 1. The molecule has 7 heteroatoms. The van der Waals surface area contributed by atoms with Crippen LogP contribution in [0.3, 0.4) is 0 Å². The molecule has 0 atom stereocenters. The standard InChI is InChI=1S/C18H16N4O3/c1-13-19-18(22(24)25)17(20-15-10-6-3-7-11-15)21(13)12-16(23)14-8-4-2-5-9-14/h2-11,20H,12H2,1H3. The molecule has 126 valence electrons. The molecule has 0 amide bonds. The van der Waals surface area contributed by atoms with Gasteiger partial charge in [-0.1, -0.05) is 48.5 Å². The van der Waals surface area contributed by atoms with Crippen LogP contribution in [0.1, 0.15) is 16.2 Å². The highest BCUT2D eigenvalue weighted by Crippen LogP contribution is 2.28. The quantitative estimate of drug-likeness (QED) is 0.421. The van der Waals surface area contributed by atoms with Gasteiger partial charge in [0.25, 0.3) is 0 Å². The predicted octanol–water partition coefficient (Wildman–Crippen LogP) is 3.73. The van der Waals surface area contributed by atoms with Crippen molar-refractivity contribution in [1.29, 1.82) is 0 Å². The maximum atomic E-state index is 12.5. The lowest BCUT2D eigenvalue weighted by Crippen LogP contribution is -2.14. The number of para-hydroxylation sites is 1. The molecule has 0 aliphatic carbocycles. The third-order valence-corrected chi connectivity index (χ3v) is 3.75. The van der Waals surface area contributed by atoms with Gasteiger partial charge in [-0.15, -0.1) is 0 Å². The van der Waals surface area contributed by atoms with E-state index in [1.165, 1.54) is 4.57 Å². The summed E-state index contributed by atoms with van der Waals surface area (Å²) in [6, 6.07) is 17.9. The summed E-state index contributed by atoms with van der Waals surface area (Å²) in [6.45, 7) is 1.60. The van der Waals surface area contributed by atoms with Crippen LogP contribution in [-0.2, 0) is 6.54 Å². The molecule has 2 aromatic carbocycles. The largest absolute Gasteiger partial charge is 0.407 e. The molecule has 0 radical (unpaired) electrons. The van der Waals surface area contributed by atoms with Gasteiger partial charge in [0.05, 0.1) is 6.54 Å². The Kier molecular flexibility index (Phi) is 4.56. The normalized spacial score (nSPS) is 10.4. The summed E-state index contributed by atoms with van der Waals surface area (Å²) in [5.41, 5.74) is 1.22. The first-order valence-corrected chi connectivity index (χ1v) is 7.68. The summed E-state index contributed by atoms with van der Waals surface area (Å²) in [5.74, 6) is 0.140. The van der Waals surface area contributed by atoms with Crippen LogP contribution >= 0.6 is 0 Å². The monoisotopic (exact) mass is 336 g/mol. The van der Waals surface area contributed by atoms with Crippen molar-refractivity contribution < 1.29 is 9.72 Å². The zero-order valence-corrected chi connectivity index (χ0v) is 13.5. The molecule has 0 saturated heterocycles. The number of hydrogen-bond acceptors (Lipinski definition) is 5. The van der Waals surface area contributed by atoms with Crippen LogP contribution in [0.4, 0.5) is 17.3 Å². The highest BCUT2D eigenvalue weighted by atomic mass is 16.6. The highest BCUT2D eigenvalue weighted by Gasteiger charge is 2.27. The summed E-state index contributed by atoms with van der Waals surface area (Å²) in [6.07, 6.45) is 0. The third kappa shape index (κ3) is 3.55. The van der Waals surface area contributed by atoms with Crippen LogP contribution < -0.4 is 5.32 Å². The van der Waals surface area contributed by atoms with E-state index in [4.69, 9.17) is 0 Å². The number of benzene rings is 2. The Bertz CT molecular complexity index is 905. The van der Waals surface area contributed by atoms with Crippen molar-refractivity contribution in [3.63, 3.8) is 0 Å². The number of carbonyl (C=O) groups is 1. The zero-order valence-electron chi connectivity index (χ0n) is 13.5. The first-order valence-electron chi connectivity index (χ1n) is 7.68. The van der Waals surface area contributed by atoms with Gasteiger partial charge in [0.2, 0.25) is 11.6 Å². The van der Waals surface area contributed by atoms with Gasteiger partial charge in [-0.2, -0.15) is 0 Å². The summed E-state index contributed by atoms with van der Waals surface area (Å²) in [7, 11) is 0. The van der Waals surface area contributed by atoms with E-state index in [9.17, 15) is 14.9 Å². The van der Waals surface area contributed by atoms with E-state index in [-0.39, 0.29) is 24.0 Å². The molecule has 25 heavy (non-hydrogen) atoms. The fraction of sp³-hybridized carbons (Fsp3) is 0.111. The lowest BCUT2D eigenvalue weighted by Gasteiger charge is -2.10. The molecule has 0 spiro atoms. The molecule has 0 bridgehead atoms. The van der Waals surface area contributed by atoms with Gasteiger partial charge in [0, 0.05) is 18.2 Å². The fourth-order valence-corrected chi connectivity index (χ4v) is 2.51. The van der Waals surface area contributed by atoms with Crippen molar-refractivity contribution in [2.45, 2.75) is 13.5 Å². The van der Waals surface area contributed by atoms with Gasteiger partial charge < -0.3 is 15.4 Å². The Morgan fingerprint density at radius 2 is 1.72 bits per heavy atom. The van der Waals surface area contributed by atoms with Gasteiger partial charge >= 0.3 is 5.82 Å². The topological polar surface area (TPSA) is 90.1 Å². The number of rotatable bonds is 6. The number of anilines is 2. The Labute approximate surface area is 144 Å². The maximum absolute atomic E-state index is 12.5. The van der Waals surface area contributed by atoms with Gasteiger partial charge in [0.15, 0.2) is 5.78 Å². The van der Waals surface area contributed by atoms with Crippen molar-refractivity contribution >= 4 is 23.1 Å². The van der Waals surface area contributed by atoms with Crippen LogP contribution in [0.2, 0.25) is 0 Å². The van der Waals surface area contributed by atoms with Crippen LogP contribution in [-0.4, -0.2) is 20.3 Å². The minimum absolute atomic E-state index is 0.0359. The van der Waals surface area contributed by atoms with E-state index in [0.29, 0.717) is 17.1 Å². The van der Waals surface area contributed by atoms with E-state index < -0.39 is 4.92 Å². The first-order chi connectivity index (χ1) is 12.1. The molecule has 0 fully saturated rings. The number of nitrogens with one attached hydrogen (secondary N) is 1. The zero-order chi connectivity index (χ0) is 17.8. The van der Waals surface area contributed by atoms with Crippen molar-refractivity contribution in [2.24, 2.45) is 0 Å². The maximum Gasteiger partial charge on any atom is 0.407 e. The minimum atomic E-state index is -0.554. The SMILES string of the molecule is Cc1nc([N+](=O)[O-])c(Nc2ccccc2)n1CC(=O)c1ccccc1. The van der Waals surface area contributed by atoms with Crippen molar-refractivity contribution in [1.82, 2.24) is 9.55 Å². The van der Waals surface area contributed by atoms with E-state index in [1.807, 2.05) is 24.3 Å². The van der Waals surface area contributed by atoms with Gasteiger partial charge in [-0.25, -0.2) is 0 Å². The van der Waals surface area contributed by atoms with Gasteiger partial charge in [-0.05, 0) is 22.0 Å². The molecule has 0 saturated carbocycles. The smallest absolute Gasteiger partial charge is 0.358 e. The van der Waals surface area contributed by atoms with Crippen molar-refractivity contribution in [2.75, 3.05) is 5.32 Å². The minimum Gasteiger partial charge on any atom is -0.358 e. The molecule has 1 heterocycles.